The first-order valence-electron chi connectivity index (χ1n) is 8.27. The third kappa shape index (κ3) is 1.86. The first-order valence-corrected chi connectivity index (χ1v) is 8.27. The maximum atomic E-state index is 13.1. The minimum absolute atomic E-state index is 0.175. The van der Waals surface area contributed by atoms with Gasteiger partial charge in [0.25, 0.3) is 5.91 Å². The lowest BCUT2D eigenvalue weighted by Crippen LogP contribution is -2.53. The Bertz CT molecular complexity index is 1100. The summed E-state index contributed by atoms with van der Waals surface area (Å²) in [6.07, 6.45) is 0.592. The number of fused-ring (bicyclic) bond motifs is 2. The van der Waals surface area contributed by atoms with E-state index in [1.165, 1.54) is 0 Å². The van der Waals surface area contributed by atoms with Crippen LogP contribution in [0, 0.1) is 0 Å². The van der Waals surface area contributed by atoms with Crippen molar-refractivity contribution in [3.63, 3.8) is 0 Å². The van der Waals surface area contributed by atoms with E-state index in [1.807, 2.05) is 48.5 Å². The molecule has 0 saturated carbocycles. The van der Waals surface area contributed by atoms with Crippen LogP contribution in [0.5, 0.6) is 0 Å². The molecule has 5 heteroatoms. The number of nitrogens with zero attached hydrogens (tertiary/aromatic N) is 1. The fraction of sp³-hybridized carbons (Fsp3) is 0.150. The molecule has 5 nitrogen and oxygen atoms in total. The third-order valence-corrected chi connectivity index (χ3v) is 5.09. The molecule has 1 N–H and O–H groups in total. The number of rotatable bonds is 1. The summed E-state index contributed by atoms with van der Waals surface area (Å²) >= 11 is 0. The van der Waals surface area contributed by atoms with Crippen LogP contribution in [-0.4, -0.2) is 23.8 Å². The Morgan fingerprint density at radius 3 is 2.60 bits per heavy atom. The van der Waals surface area contributed by atoms with E-state index in [1.54, 1.807) is 4.90 Å². The Balaban J connectivity index is 1.76. The molecule has 122 valence electrons. The Kier molecular flexibility index (Phi) is 2.77. The van der Waals surface area contributed by atoms with Gasteiger partial charge in [-0.3, -0.25) is 24.6 Å². The number of carbonyl (C=O) groups is 3. The number of imide groups is 1. The van der Waals surface area contributed by atoms with Crippen molar-refractivity contribution in [3.05, 3.63) is 54.1 Å². The van der Waals surface area contributed by atoms with Crippen LogP contribution in [0.25, 0.3) is 21.5 Å². The molecule has 0 aliphatic carbocycles. The lowest BCUT2D eigenvalue weighted by atomic mass is 9.98. The molecule has 0 bridgehead atoms. The average Bonchev–Trinajstić information content (AvgIpc) is 2.89. The summed E-state index contributed by atoms with van der Waals surface area (Å²) in [5.41, 5.74) is 1.37. The number of benzene rings is 3. The third-order valence-electron chi connectivity index (χ3n) is 5.09. The van der Waals surface area contributed by atoms with Crippen LogP contribution < -0.4 is 10.2 Å². The standard InChI is InChI=1S/C20H14N2O3/c23-17-9-8-16(19(24)21-17)22-15-7-3-6-13-12-5-2-1-4-11(12)10-14(18(13)15)20(22)25/h1-7,10,16H,8-9H2,(H,21,23,24). The van der Waals surface area contributed by atoms with E-state index in [0.29, 0.717) is 12.0 Å². The summed E-state index contributed by atoms with van der Waals surface area (Å²) < 4.78 is 0. The van der Waals surface area contributed by atoms with Crippen LogP contribution in [0.1, 0.15) is 23.2 Å². The SMILES string of the molecule is O=C1CCC(N2C(=O)c3cc4ccccc4c4cccc2c34)C(=O)N1. The Labute approximate surface area is 143 Å². The molecule has 0 radical (unpaired) electrons. The number of nitrogens with one attached hydrogen (secondary N) is 1. The van der Waals surface area contributed by atoms with Crippen molar-refractivity contribution in [2.45, 2.75) is 18.9 Å². The molecule has 1 unspecified atom stereocenters. The fourth-order valence-electron chi connectivity index (χ4n) is 3.99. The topological polar surface area (TPSA) is 66.5 Å². The van der Waals surface area contributed by atoms with Crippen LogP contribution in [0.3, 0.4) is 0 Å². The number of anilines is 1. The van der Waals surface area contributed by atoms with Crippen molar-refractivity contribution >= 4 is 45.0 Å². The zero-order chi connectivity index (χ0) is 17.1. The molecule has 1 atom stereocenters. The summed E-state index contributed by atoms with van der Waals surface area (Å²) in [7, 11) is 0. The van der Waals surface area contributed by atoms with Crippen LogP contribution in [0.15, 0.2) is 48.5 Å². The van der Waals surface area contributed by atoms with Crippen LogP contribution in [0.2, 0.25) is 0 Å². The van der Waals surface area contributed by atoms with E-state index >= 15 is 0 Å². The lowest BCUT2D eigenvalue weighted by Gasteiger charge is -2.30. The predicted molar refractivity (Wildman–Crippen MR) is 94.4 cm³/mol. The quantitative estimate of drug-likeness (QED) is 0.551. The summed E-state index contributed by atoms with van der Waals surface area (Å²) in [6.45, 7) is 0. The Morgan fingerprint density at radius 1 is 0.960 bits per heavy atom. The molecule has 0 spiro atoms. The van der Waals surface area contributed by atoms with Gasteiger partial charge < -0.3 is 0 Å². The van der Waals surface area contributed by atoms with E-state index in [9.17, 15) is 14.4 Å². The summed E-state index contributed by atoms with van der Waals surface area (Å²) in [5, 5.41) is 6.32. The van der Waals surface area contributed by atoms with Crippen molar-refractivity contribution < 1.29 is 14.4 Å². The van der Waals surface area contributed by atoms with Gasteiger partial charge in [-0.1, -0.05) is 36.4 Å². The highest BCUT2D eigenvalue weighted by Gasteiger charge is 2.40. The summed E-state index contributed by atoms with van der Waals surface area (Å²) in [6, 6.07) is 15.0. The molecule has 0 aromatic heterocycles. The molecule has 1 saturated heterocycles. The number of hydrogen-bond donors (Lipinski definition) is 1. The minimum Gasteiger partial charge on any atom is -0.295 e. The fourth-order valence-corrected chi connectivity index (χ4v) is 3.99. The number of carbonyl (C=O) groups excluding carboxylic acids is 3. The van der Waals surface area contributed by atoms with Gasteiger partial charge in [0, 0.05) is 11.8 Å². The minimum atomic E-state index is -0.647. The maximum absolute atomic E-state index is 13.1. The monoisotopic (exact) mass is 330 g/mol. The van der Waals surface area contributed by atoms with Crippen molar-refractivity contribution in [1.29, 1.82) is 0 Å². The highest BCUT2D eigenvalue weighted by atomic mass is 16.2. The van der Waals surface area contributed by atoms with Gasteiger partial charge in [0.05, 0.1) is 11.3 Å². The van der Waals surface area contributed by atoms with Crippen LogP contribution in [-0.2, 0) is 9.59 Å². The van der Waals surface area contributed by atoms with E-state index in [0.717, 1.165) is 27.2 Å². The number of piperidine rings is 1. The molecule has 3 aromatic rings. The molecule has 2 aliphatic heterocycles. The second-order valence-corrected chi connectivity index (χ2v) is 6.49. The first kappa shape index (κ1) is 14.2. The zero-order valence-corrected chi connectivity index (χ0v) is 13.3. The van der Waals surface area contributed by atoms with Gasteiger partial charge in [0.1, 0.15) is 6.04 Å². The maximum Gasteiger partial charge on any atom is 0.259 e. The molecule has 1 fully saturated rings. The number of amides is 3. The largest absolute Gasteiger partial charge is 0.295 e. The molecular weight excluding hydrogens is 316 g/mol. The van der Waals surface area contributed by atoms with Gasteiger partial charge in [-0.05, 0) is 34.7 Å². The summed E-state index contributed by atoms with van der Waals surface area (Å²) in [4.78, 5) is 38.4. The molecule has 25 heavy (non-hydrogen) atoms. The highest BCUT2D eigenvalue weighted by Crippen LogP contribution is 2.42. The zero-order valence-electron chi connectivity index (χ0n) is 13.3. The smallest absolute Gasteiger partial charge is 0.259 e. The van der Waals surface area contributed by atoms with Crippen LogP contribution in [0.4, 0.5) is 5.69 Å². The lowest BCUT2D eigenvalue weighted by molar-refractivity contribution is -0.134. The Hall–Kier alpha value is -3.21. The van der Waals surface area contributed by atoms with E-state index in [4.69, 9.17) is 0 Å². The summed E-state index contributed by atoms with van der Waals surface area (Å²) in [5.74, 6) is -0.861. The molecular formula is C20H14N2O3. The second kappa shape index (κ2) is 4.89. The van der Waals surface area contributed by atoms with Crippen molar-refractivity contribution in [2.75, 3.05) is 4.90 Å². The highest BCUT2D eigenvalue weighted by molar-refractivity contribution is 6.31. The van der Waals surface area contributed by atoms with Gasteiger partial charge in [-0.15, -0.1) is 0 Å². The van der Waals surface area contributed by atoms with Crippen molar-refractivity contribution in [1.82, 2.24) is 5.32 Å². The molecule has 5 rings (SSSR count). The van der Waals surface area contributed by atoms with Crippen LogP contribution >= 0.6 is 0 Å². The van der Waals surface area contributed by atoms with Gasteiger partial charge in [-0.25, -0.2) is 0 Å². The van der Waals surface area contributed by atoms with Gasteiger partial charge in [-0.2, -0.15) is 0 Å². The van der Waals surface area contributed by atoms with E-state index in [2.05, 4.69) is 5.32 Å². The first-order chi connectivity index (χ1) is 12.1. The van der Waals surface area contributed by atoms with Gasteiger partial charge in [0.2, 0.25) is 11.8 Å². The molecule has 3 aromatic carbocycles. The molecule has 3 amide bonds. The second-order valence-electron chi connectivity index (χ2n) is 6.49. The number of hydrogen-bond acceptors (Lipinski definition) is 3. The Morgan fingerprint density at radius 2 is 1.76 bits per heavy atom. The predicted octanol–water partition coefficient (Wildman–Crippen LogP) is 2.76. The van der Waals surface area contributed by atoms with E-state index < -0.39 is 11.9 Å². The van der Waals surface area contributed by atoms with Crippen molar-refractivity contribution in [2.24, 2.45) is 0 Å². The van der Waals surface area contributed by atoms with Crippen molar-refractivity contribution in [3.8, 4) is 0 Å². The van der Waals surface area contributed by atoms with Gasteiger partial charge in [0.15, 0.2) is 0 Å². The molecule has 2 aliphatic rings. The normalized spacial score (nSPS) is 19.8. The van der Waals surface area contributed by atoms with E-state index in [-0.39, 0.29) is 18.2 Å². The van der Waals surface area contributed by atoms with Gasteiger partial charge >= 0.3 is 0 Å². The average molecular weight is 330 g/mol. The molecule has 2 heterocycles.